The van der Waals surface area contributed by atoms with Crippen LogP contribution in [-0.4, -0.2) is 21.7 Å². The maximum absolute atomic E-state index is 8.96. The lowest BCUT2D eigenvalue weighted by atomic mass is 10.1. The van der Waals surface area contributed by atoms with Gasteiger partial charge in [-0.25, -0.2) is 0 Å². The summed E-state index contributed by atoms with van der Waals surface area (Å²) in [6.07, 6.45) is 3.37. The lowest BCUT2D eigenvalue weighted by Gasteiger charge is -2.09. The van der Waals surface area contributed by atoms with Gasteiger partial charge in [-0.05, 0) is 18.2 Å². The summed E-state index contributed by atoms with van der Waals surface area (Å²) in [6, 6.07) is 5.11. The van der Waals surface area contributed by atoms with Gasteiger partial charge in [-0.2, -0.15) is 0 Å². The number of hydrogen-bond donors (Lipinski definition) is 2. The summed E-state index contributed by atoms with van der Waals surface area (Å²) in [5.74, 6) is 0. The Morgan fingerprint density at radius 1 is 1.29 bits per heavy atom. The van der Waals surface area contributed by atoms with E-state index in [1.807, 2.05) is 18.2 Å². The summed E-state index contributed by atoms with van der Waals surface area (Å²) in [6.45, 7) is -0.110. The number of nitrogens with two attached hydrogens (primary N) is 1. The number of fused-ring (bicyclic) bond motifs is 1. The largest absolute Gasteiger partial charge is 0.394 e. The molecule has 0 amide bonds. The molecule has 0 bridgehead atoms. The van der Waals surface area contributed by atoms with Crippen LogP contribution in [0.1, 0.15) is 11.7 Å². The van der Waals surface area contributed by atoms with Crippen molar-refractivity contribution in [3.8, 4) is 0 Å². The molecule has 72 valence electrons. The average Bonchev–Trinajstić information content (AvgIpc) is 2.27. The van der Waals surface area contributed by atoms with Gasteiger partial charge < -0.3 is 10.8 Å². The van der Waals surface area contributed by atoms with Crippen LogP contribution >= 0.6 is 0 Å². The van der Waals surface area contributed by atoms with Gasteiger partial charge in [-0.3, -0.25) is 9.97 Å². The third kappa shape index (κ3) is 1.45. The Kier molecular flexibility index (Phi) is 2.39. The molecule has 0 aliphatic heterocycles. The summed E-state index contributed by atoms with van der Waals surface area (Å²) < 4.78 is 0. The molecule has 0 aliphatic rings. The van der Waals surface area contributed by atoms with Crippen molar-refractivity contribution in [2.75, 3.05) is 6.61 Å². The van der Waals surface area contributed by atoms with E-state index in [9.17, 15) is 0 Å². The summed E-state index contributed by atoms with van der Waals surface area (Å²) >= 11 is 0. The zero-order valence-electron chi connectivity index (χ0n) is 7.59. The topological polar surface area (TPSA) is 72.0 Å². The van der Waals surface area contributed by atoms with Gasteiger partial charge >= 0.3 is 0 Å². The van der Waals surface area contributed by atoms with Crippen LogP contribution < -0.4 is 5.73 Å². The van der Waals surface area contributed by atoms with Crippen molar-refractivity contribution >= 4 is 10.9 Å². The van der Waals surface area contributed by atoms with Crippen molar-refractivity contribution in [1.29, 1.82) is 0 Å². The Labute approximate surface area is 81.4 Å². The van der Waals surface area contributed by atoms with Gasteiger partial charge in [0.2, 0.25) is 0 Å². The van der Waals surface area contributed by atoms with E-state index in [-0.39, 0.29) is 6.61 Å². The standard InChI is InChI=1S/C10H11N3O/c11-8(6-14)10-7-2-1-4-12-9(7)3-5-13-10/h1-5,8,14H,6,11H2/t8-/m0/s1. The monoisotopic (exact) mass is 189 g/mol. The van der Waals surface area contributed by atoms with Gasteiger partial charge in [-0.15, -0.1) is 0 Å². The molecule has 0 aliphatic carbocycles. The normalized spacial score (nSPS) is 13.0. The fourth-order valence-corrected chi connectivity index (χ4v) is 1.41. The first-order chi connectivity index (χ1) is 6.83. The number of aromatic nitrogens is 2. The summed E-state index contributed by atoms with van der Waals surface area (Å²) in [4.78, 5) is 8.33. The number of aliphatic hydroxyl groups is 1. The summed E-state index contributed by atoms with van der Waals surface area (Å²) in [7, 11) is 0. The van der Waals surface area contributed by atoms with E-state index in [0.29, 0.717) is 5.69 Å². The SMILES string of the molecule is N[C@@H](CO)c1nccc2ncccc12. The van der Waals surface area contributed by atoms with E-state index in [4.69, 9.17) is 10.8 Å². The molecule has 2 aromatic heterocycles. The van der Waals surface area contributed by atoms with Crippen molar-refractivity contribution in [2.24, 2.45) is 5.73 Å². The van der Waals surface area contributed by atoms with Crippen LogP contribution in [0, 0.1) is 0 Å². The molecule has 2 rings (SSSR count). The highest BCUT2D eigenvalue weighted by Gasteiger charge is 2.09. The first-order valence-electron chi connectivity index (χ1n) is 4.39. The van der Waals surface area contributed by atoms with Crippen LogP contribution in [0.25, 0.3) is 10.9 Å². The van der Waals surface area contributed by atoms with Crippen LogP contribution in [0.4, 0.5) is 0 Å². The van der Waals surface area contributed by atoms with Gasteiger partial charge in [0.1, 0.15) is 0 Å². The molecule has 0 radical (unpaired) electrons. The highest BCUT2D eigenvalue weighted by Crippen LogP contribution is 2.18. The molecule has 2 heterocycles. The van der Waals surface area contributed by atoms with Crippen molar-refractivity contribution < 1.29 is 5.11 Å². The fraction of sp³-hybridized carbons (Fsp3) is 0.200. The molecular formula is C10H11N3O. The third-order valence-corrected chi connectivity index (χ3v) is 2.11. The van der Waals surface area contributed by atoms with E-state index < -0.39 is 6.04 Å². The molecule has 0 spiro atoms. The molecule has 4 nitrogen and oxygen atoms in total. The van der Waals surface area contributed by atoms with Gasteiger partial charge in [-0.1, -0.05) is 0 Å². The molecule has 0 unspecified atom stereocenters. The smallest absolute Gasteiger partial charge is 0.0736 e. The second-order valence-electron chi connectivity index (χ2n) is 3.06. The van der Waals surface area contributed by atoms with Gasteiger partial charge in [0.15, 0.2) is 0 Å². The van der Waals surface area contributed by atoms with Gasteiger partial charge in [0.05, 0.1) is 23.9 Å². The van der Waals surface area contributed by atoms with E-state index in [1.54, 1.807) is 12.4 Å². The second kappa shape index (κ2) is 3.69. The second-order valence-corrected chi connectivity index (χ2v) is 3.06. The molecule has 14 heavy (non-hydrogen) atoms. The Morgan fingerprint density at radius 3 is 2.93 bits per heavy atom. The fourth-order valence-electron chi connectivity index (χ4n) is 1.41. The maximum atomic E-state index is 8.96. The first-order valence-corrected chi connectivity index (χ1v) is 4.39. The highest BCUT2D eigenvalue weighted by atomic mass is 16.3. The molecule has 0 saturated heterocycles. The van der Waals surface area contributed by atoms with Crippen LogP contribution in [0.3, 0.4) is 0 Å². The predicted octanol–water partition coefficient (Wildman–Crippen LogP) is 0.622. The van der Waals surface area contributed by atoms with Crippen molar-refractivity contribution in [1.82, 2.24) is 9.97 Å². The molecule has 0 fully saturated rings. The molecule has 0 aromatic carbocycles. The zero-order valence-corrected chi connectivity index (χ0v) is 7.59. The predicted molar refractivity (Wildman–Crippen MR) is 53.6 cm³/mol. The Hall–Kier alpha value is -1.52. The Bertz CT molecular complexity index is 439. The van der Waals surface area contributed by atoms with Gasteiger partial charge in [0.25, 0.3) is 0 Å². The lowest BCUT2D eigenvalue weighted by molar-refractivity contribution is 0.266. The van der Waals surface area contributed by atoms with Crippen LogP contribution in [0.15, 0.2) is 30.6 Å². The molecule has 2 aromatic rings. The van der Waals surface area contributed by atoms with E-state index in [0.717, 1.165) is 10.9 Å². The minimum Gasteiger partial charge on any atom is -0.394 e. The van der Waals surface area contributed by atoms with E-state index in [1.165, 1.54) is 0 Å². The van der Waals surface area contributed by atoms with Crippen LogP contribution in [-0.2, 0) is 0 Å². The van der Waals surface area contributed by atoms with Crippen molar-refractivity contribution in [3.05, 3.63) is 36.3 Å². The third-order valence-electron chi connectivity index (χ3n) is 2.11. The lowest BCUT2D eigenvalue weighted by Crippen LogP contribution is -2.16. The van der Waals surface area contributed by atoms with E-state index in [2.05, 4.69) is 9.97 Å². The highest BCUT2D eigenvalue weighted by molar-refractivity contribution is 5.80. The Balaban J connectivity index is 2.65. The van der Waals surface area contributed by atoms with Crippen LogP contribution in [0.2, 0.25) is 0 Å². The number of rotatable bonds is 2. The zero-order chi connectivity index (χ0) is 9.97. The van der Waals surface area contributed by atoms with E-state index >= 15 is 0 Å². The van der Waals surface area contributed by atoms with Crippen molar-refractivity contribution in [3.63, 3.8) is 0 Å². The summed E-state index contributed by atoms with van der Waals surface area (Å²) in [5.41, 5.74) is 7.26. The molecule has 0 saturated carbocycles. The minimum absolute atomic E-state index is 0.110. The maximum Gasteiger partial charge on any atom is 0.0736 e. The molecule has 3 N–H and O–H groups in total. The number of pyridine rings is 2. The first kappa shape index (κ1) is 9.05. The molecule has 4 heteroatoms. The molecular weight excluding hydrogens is 178 g/mol. The number of nitrogens with zero attached hydrogens (tertiary/aromatic N) is 2. The minimum atomic E-state index is -0.442. The van der Waals surface area contributed by atoms with Crippen molar-refractivity contribution in [2.45, 2.75) is 6.04 Å². The number of aliphatic hydroxyl groups excluding tert-OH is 1. The molecule has 1 atom stereocenters. The van der Waals surface area contributed by atoms with Gasteiger partial charge in [0, 0.05) is 17.8 Å². The number of hydrogen-bond acceptors (Lipinski definition) is 4. The average molecular weight is 189 g/mol. The summed E-state index contributed by atoms with van der Waals surface area (Å²) in [5, 5.41) is 9.86. The Morgan fingerprint density at radius 2 is 2.14 bits per heavy atom. The van der Waals surface area contributed by atoms with Crippen LogP contribution in [0.5, 0.6) is 0 Å². The quantitative estimate of drug-likeness (QED) is 0.726.